The van der Waals surface area contributed by atoms with Crippen LogP contribution >= 0.6 is 0 Å². The quantitative estimate of drug-likeness (QED) is 0.162. The maximum Gasteiger partial charge on any atom is -0.00490 e. The Hall–Kier alpha value is -0.300. The van der Waals surface area contributed by atoms with Crippen molar-refractivity contribution in [2.24, 2.45) is 0 Å². The molecule has 0 aliphatic carbocycles. The van der Waals surface area contributed by atoms with E-state index in [1.54, 1.807) is 0 Å². The van der Waals surface area contributed by atoms with E-state index >= 15 is 0 Å². The third-order valence-corrected chi connectivity index (χ3v) is 5.12. The lowest BCUT2D eigenvalue weighted by Gasteiger charge is -2.03. The Labute approximate surface area is 160 Å². The van der Waals surface area contributed by atoms with E-state index in [1.165, 1.54) is 122 Å². The highest BCUT2D eigenvalue weighted by Gasteiger charge is 1.93. The molecule has 0 spiro atoms. The molecule has 150 valence electrons. The Morgan fingerprint density at radius 2 is 0.880 bits per heavy atom. The van der Waals surface area contributed by atoms with Crippen LogP contribution in [0.3, 0.4) is 0 Å². The van der Waals surface area contributed by atoms with Crippen molar-refractivity contribution < 1.29 is 0 Å². The van der Waals surface area contributed by atoms with E-state index in [4.69, 9.17) is 0 Å². The van der Waals surface area contributed by atoms with E-state index < -0.39 is 0 Å². The van der Waals surface area contributed by atoms with Gasteiger partial charge in [-0.15, -0.1) is 0 Å². The van der Waals surface area contributed by atoms with Gasteiger partial charge < -0.3 is 5.32 Å². The van der Waals surface area contributed by atoms with Crippen LogP contribution in [0.5, 0.6) is 0 Å². The lowest BCUT2D eigenvalue weighted by atomic mass is 10.1. The molecule has 0 aliphatic heterocycles. The number of nitrogens with one attached hydrogen (secondary N) is 1. The zero-order valence-electron chi connectivity index (χ0n) is 17.8. The van der Waals surface area contributed by atoms with Crippen molar-refractivity contribution in [3.05, 3.63) is 12.2 Å². The minimum absolute atomic E-state index is 1.12. The highest BCUT2D eigenvalue weighted by molar-refractivity contribution is 4.81. The molecule has 0 saturated heterocycles. The first-order valence-corrected chi connectivity index (χ1v) is 11.8. The van der Waals surface area contributed by atoms with Crippen LogP contribution in [0.4, 0.5) is 0 Å². The maximum atomic E-state index is 3.40. The van der Waals surface area contributed by atoms with Crippen LogP contribution < -0.4 is 5.32 Å². The predicted octanol–water partition coefficient (Wildman–Crippen LogP) is 8.19. The van der Waals surface area contributed by atoms with Crippen LogP contribution in [0, 0.1) is 0 Å². The molecule has 0 bridgehead atoms. The molecule has 0 atom stereocenters. The van der Waals surface area contributed by atoms with Gasteiger partial charge in [0.05, 0.1) is 0 Å². The van der Waals surface area contributed by atoms with E-state index in [0.717, 1.165) is 6.54 Å². The molecular formula is C24H49N. The predicted molar refractivity (Wildman–Crippen MR) is 116 cm³/mol. The second kappa shape index (κ2) is 23.7. The molecule has 0 aromatic carbocycles. The van der Waals surface area contributed by atoms with Gasteiger partial charge in [-0.1, -0.05) is 109 Å². The van der Waals surface area contributed by atoms with Crippen molar-refractivity contribution in [2.75, 3.05) is 13.1 Å². The first-order chi connectivity index (χ1) is 12.4. The maximum absolute atomic E-state index is 3.40. The second-order valence-corrected chi connectivity index (χ2v) is 7.71. The fourth-order valence-corrected chi connectivity index (χ4v) is 3.38. The summed E-state index contributed by atoms with van der Waals surface area (Å²) in [5, 5.41) is 3.40. The van der Waals surface area contributed by atoms with Gasteiger partial charge in [-0.2, -0.15) is 0 Å². The fraction of sp³-hybridized carbons (Fsp3) is 0.917. The van der Waals surface area contributed by atoms with E-state index in [2.05, 4.69) is 31.3 Å². The van der Waals surface area contributed by atoms with Gasteiger partial charge in [-0.25, -0.2) is 0 Å². The third kappa shape index (κ3) is 23.7. The van der Waals surface area contributed by atoms with Gasteiger partial charge in [0.2, 0.25) is 0 Å². The van der Waals surface area contributed by atoms with Crippen LogP contribution in [0.2, 0.25) is 0 Å². The standard InChI is InChI=1S/C24H49N/c1-3-5-6-7-8-9-10-11-12-13-14-15-16-17-18-19-20-21-22-23-24-25-4-2/h11-12,25H,3-10,13-24H2,1-2H3/b12-11-. The lowest BCUT2D eigenvalue weighted by molar-refractivity contribution is 0.544. The van der Waals surface area contributed by atoms with Gasteiger partial charge in [0.15, 0.2) is 0 Å². The molecule has 0 aliphatic rings. The smallest absolute Gasteiger partial charge is 0.00490 e. The molecule has 0 aromatic heterocycles. The normalized spacial score (nSPS) is 11.6. The van der Waals surface area contributed by atoms with Crippen molar-refractivity contribution >= 4 is 0 Å². The van der Waals surface area contributed by atoms with Crippen molar-refractivity contribution in [1.82, 2.24) is 5.32 Å². The van der Waals surface area contributed by atoms with Gasteiger partial charge in [0.1, 0.15) is 0 Å². The Bertz CT molecular complexity index is 246. The van der Waals surface area contributed by atoms with Gasteiger partial charge in [0, 0.05) is 0 Å². The average molecular weight is 352 g/mol. The Morgan fingerprint density at radius 1 is 0.480 bits per heavy atom. The summed E-state index contributed by atoms with van der Waals surface area (Å²) in [7, 11) is 0. The summed E-state index contributed by atoms with van der Waals surface area (Å²) >= 11 is 0. The molecule has 1 heteroatoms. The summed E-state index contributed by atoms with van der Waals surface area (Å²) in [4.78, 5) is 0. The summed E-state index contributed by atoms with van der Waals surface area (Å²) in [6, 6.07) is 0. The number of hydrogen-bond acceptors (Lipinski definition) is 1. The Morgan fingerprint density at radius 3 is 1.32 bits per heavy atom. The van der Waals surface area contributed by atoms with Crippen LogP contribution in [0.15, 0.2) is 12.2 Å². The van der Waals surface area contributed by atoms with E-state index in [0.29, 0.717) is 0 Å². The molecule has 1 N–H and O–H groups in total. The Balaban J connectivity index is 3.03. The third-order valence-electron chi connectivity index (χ3n) is 5.12. The zero-order valence-corrected chi connectivity index (χ0v) is 17.8. The topological polar surface area (TPSA) is 12.0 Å². The molecular weight excluding hydrogens is 302 g/mol. The van der Waals surface area contributed by atoms with Crippen LogP contribution in [-0.2, 0) is 0 Å². The summed E-state index contributed by atoms with van der Waals surface area (Å²) in [6.07, 6.45) is 30.3. The first-order valence-electron chi connectivity index (χ1n) is 11.8. The first kappa shape index (κ1) is 24.7. The van der Waals surface area contributed by atoms with Gasteiger partial charge >= 0.3 is 0 Å². The molecule has 0 heterocycles. The molecule has 0 radical (unpaired) electrons. The van der Waals surface area contributed by atoms with Gasteiger partial charge in [-0.05, 0) is 45.2 Å². The highest BCUT2D eigenvalue weighted by Crippen LogP contribution is 2.12. The number of rotatable bonds is 21. The van der Waals surface area contributed by atoms with E-state index in [1.807, 2.05) is 0 Å². The fourth-order valence-electron chi connectivity index (χ4n) is 3.38. The summed E-state index contributed by atoms with van der Waals surface area (Å²) in [5.74, 6) is 0. The minimum atomic E-state index is 1.12. The highest BCUT2D eigenvalue weighted by atomic mass is 14.8. The summed E-state index contributed by atoms with van der Waals surface area (Å²) in [6.45, 7) is 6.81. The summed E-state index contributed by atoms with van der Waals surface area (Å²) < 4.78 is 0. The molecule has 1 nitrogen and oxygen atoms in total. The van der Waals surface area contributed by atoms with Crippen molar-refractivity contribution in [2.45, 2.75) is 129 Å². The molecule has 25 heavy (non-hydrogen) atoms. The molecule has 0 unspecified atom stereocenters. The van der Waals surface area contributed by atoms with Gasteiger partial charge in [0.25, 0.3) is 0 Å². The van der Waals surface area contributed by atoms with Crippen LogP contribution in [0.25, 0.3) is 0 Å². The minimum Gasteiger partial charge on any atom is -0.317 e. The van der Waals surface area contributed by atoms with E-state index in [-0.39, 0.29) is 0 Å². The second-order valence-electron chi connectivity index (χ2n) is 7.71. The molecule has 0 rings (SSSR count). The van der Waals surface area contributed by atoms with Crippen LogP contribution in [-0.4, -0.2) is 13.1 Å². The molecule has 0 aromatic rings. The average Bonchev–Trinajstić information content (AvgIpc) is 2.63. The number of hydrogen-bond donors (Lipinski definition) is 1. The van der Waals surface area contributed by atoms with Crippen molar-refractivity contribution in [3.8, 4) is 0 Å². The zero-order chi connectivity index (χ0) is 18.3. The monoisotopic (exact) mass is 351 g/mol. The summed E-state index contributed by atoms with van der Waals surface area (Å²) in [5.41, 5.74) is 0. The van der Waals surface area contributed by atoms with Crippen LogP contribution in [0.1, 0.15) is 129 Å². The van der Waals surface area contributed by atoms with E-state index in [9.17, 15) is 0 Å². The molecule has 0 fully saturated rings. The number of allylic oxidation sites excluding steroid dienone is 2. The Kier molecular flexibility index (Phi) is 23.4. The van der Waals surface area contributed by atoms with Crippen molar-refractivity contribution in [3.63, 3.8) is 0 Å². The van der Waals surface area contributed by atoms with Crippen molar-refractivity contribution in [1.29, 1.82) is 0 Å². The van der Waals surface area contributed by atoms with Gasteiger partial charge in [-0.3, -0.25) is 0 Å². The molecule has 0 amide bonds. The number of unbranched alkanes of at least 4 members (excludes halogenated alkanes) is 16. The lowest BCUT2D eigenvalue weighted by Crippen LogP contribution is -2.13. The SMILES string of the molecule is CCCCCCCC/C=C\CCCCCCCCCCCCNCC. The largest absolute Gasteiger partial charge is 0.317 e. The molecule has 0 saturated carbocycles.